The molecule has 0 aliphatic carbocycles. The Bertz CT molecular complexity index is 101. The first kappa shape index (κ1) is 6.75. The van der Waals surface area contributed by atoms with Crippen molar-refractivity contribution in [2.45, 2.75) is 32.5 Å². The highest BCUT2D eigenvalue weighted by atomic mass is 16.5. The Hall–Kier alpha value is -0.370. The summed E-state index contributed by atoms with van der Waals surface area (Å²) in [6.45, 7) is 4.11. The Morgan fingerprint density at radius 3 is 2.44 bits per heavy atom. The van der Waals surface area contributed by atoms with E-state index in [-0.39, 0.29) is 12.2 Å². The molecule has 1 heterocycles. The Labute approximate surface area is 55.2 Å². The van der Waals surface area contributed by atoms with Gasteiger partial charge in [-0.3, -0.25) is 0 Å². The number of hydrogen-bond acceptors (Lipinski definition) is 2. The second kappa shape index (κ2) is 2.48. The van der Waals surface area contributed by atoms with Crippen LogP contribution >= 0.6 is 0 Å². The van der Waals surface area contributed by atoms with E-state index in [0.717, 1.165) is 12.7 Å². The molecule has 0 radical (unpaired) electrons. The summed E-state index contributed by atoms with van der Waals surface area (Å²) in [4.78, 5) is 10.2. The molecule has 52 valence electrons. The fourth-order valence-electron chi connectivity index (χ4n) is 1.11. The van der Waals surface area contributed by atoms with Crippen LogP contribution in [0.4, 0.5) is 0 Å². The predicted octanol–water partition coefficient (Wildman–Crippen LogP) is 0.999. The summed E-state index contributed by atoms with van der Waals surface area (Å²) < 4.78 is 5.25. The maximum absolute atomic E-state index is 10.2. The Kier molecular flexibility index (Phi) is 1.86. The van der Waals surface area contributed by atoms with Crippen LogP contribution in [0.1, 0.15) is 20.3 Å². The van der Waals surface area contributed by atoms with E-state index in [9.17, 15) is 4.79 Å². The highest BCUT2D eigenvalue weighted by Gasteiger charge is 2.27. The number of ether oxygens (including phenoxy) is 1. The lowest BCUT2D eigenvalue weighted by Gasteiger charge is -2.05. The largest absolute Gasteiger partial charge is 0.368 e. The van der Waals surface area contributed by atoms with E-state index in [1.165, 1.54) is 0 Å². The van der Waals surface area contributed by atoms with Crippen molar-refractivity contribution in [3.05, 3.63) is 0 Å². The topological polar surface area (TPSA) is 26.3 Å². The highest BCUT2D eigenvalue weighted by Crippen LogP contribution is 2.23. The highest BCUT2D eigenvalue weighted by molar-refractivity contribution is 5.56. The van der Waals surface area contributed by atoms with Crippen molar-refractivity contribution in [3.63, 3.8) is 0 Å². The summed E-state index contributed by atoms with van der Waals surface area (Å²) in [5.41, 5.74) is 0. The van der Waals surface area contributed by atoms with Crippen LogP contribution in [0.2, 0.25) is 0 Å². The molecule has 1 aliphatic heterocycles. The quantitative estimate of drug-likeness (QED) is 0.492. The van der Waals surface area contributed by atoms with Crippen LogP contribution in [0.5, 0.6) is 0 Å². The summed E-state index contributed by atoms with van der Waals surface area (Å²) in [6, 6.07) is 0. The fraction of sp³-hybridized carbons (Fsp3) is 0.857. The molecule has 1 fully saturated rings. The van der Waals surface area contributed by atoms with Gasteiger partial charge in [-0.05, 0) is 19.3 Å². The summed E-state index contributed by atoms with van der Waals surface area (Å²) >= 11 is 0. The maximum Gasteiger partial charge on any atom is 0.148 e. The standard InChI is InChI=1S/C7H12O2/c1-5-3-7(4-8)9-6(5)2/h4-7H,3H2,1-2H3. The molecule has 3 unspecified atom stereocenters. The lowest BCUT2D eigenvalue weighted by molar-refractivity contribution is -0.117. The predicted molar refractivity (Wildman–Crippen MR) is 34.2 cm³/mol. The molecule has 0 bridgehead atoms. The average Bonchev–Trinajstić information content (AvgIpc) is 2.13. The van der Waals surface area contributed by atoms with E-state index in [1.54, 1.807) is 0 Å². The van der Waals surface area contributed by atoms with E-state index in [2.05, 4.69) is 6.92 Å². The number of hydrogen-bond donors (Lipinski definition) is 0. The average molecular weight is 128 g/mol. The molecule has 0 N–H and O–H groups in total. The van der Waals surface area contributed by atoms with Crippen molar-refractivity contribution >= 4 is 6.29 Å². The second-order valence-electron chi connectivity index (χ2n) is 2.73. The van der Waals surface area contributed by atoms with Crippen LogP contribution in [0.15, 0.2) is 0 Å². The molecule has 3 atom stereocenters. The van der Waals surface area contributed by atoms with E-state index >= 15 is 0 Å². The minimum absolute atomic E-state index is 0.130. The smallest absolute Gasteiger partial charge is 0.148 e. The van der Waals surface area contributed by atoms with E-state index in [1.807, 2.05) is 6.92 Å². The summed E-state index contributed by atoms with van der Waals surface area (Å²) in [5.74, 6) is 0.542. The molecule has 1 aliphatic rings. The van der Waals surface area contributed by atoms with Gasteiger partial charge in [0.1, 0.15) is 12.4 Å². The summed E-state index contributed by atoms with van der Waals surface area (Å²) in [5, 5.41) is 0. The van der Waals surface area contributed by atoms with Crippen molar-refractivity contribution < 1.29 is 9.53 Å². The molecule has 9 heavy (non-hydrogen) atoms. The molecule has 1 rings (SSSR count). The van der Waals surface area contributed by atoms with E-state index in [0.29, 0.717) is 5.92 Å². The third-order valence-electron chi connectivity index (χ3n) is 1.95. The molecule has 0 aromatic carbocycles. The lowest BCUT2D eigenvalue weighted by Crippen LogP contribution is -2.09. The molecule has 0 saturated carbocycles. The molecule has 0 aromatic rings. The van der Waals surface area contributed by atoms with Gasteiger partial charge >= 0.3 is 0 Å². The Morgan fingerprint density at radius 1 is 1.56 bits per heavy atom. The molecule has 0 spiro atoms. The number of carbonyl (C=O) groups excluding carboxylic acids is 1. The molecular weight excluding hydrogens is 116 g/mol. The Balaban J connectivity index is 2.43. The van der Waals surface area contributed by atoms with Crippen LogP contribution in [-0.2, 0) is 9.53 Å². The van der Waals surface area contributed by atoms with Crippen LogP contribution < -0.4 is 0 Å². The van der Waals surface area contributed by atoms with Gasteiger partial charge in [0.05, 0.1) is 6.10 Å². The molecule has 1 saturated heterocycles. The van der Waals surface area contributed by atoms with Gasteiger partial charge in [-0.2, -0.15) is 0 Å². The minimum Gasteiger partial charge on any atom is -0.368 e. The molecule has 2 heteroatoms. The summed E-state index contributed by atoms with van der Waals surface area (Å²) in [7, 11) is 0. The van der Waals surface area contributed by atoms with Gasteiger partial charge in [-0.1, -0.05) is 6.92 Å². The van der Waals surface area contributed by atoms with Gasteiger partial charge in [0.15, 0.2) is 0 Å². The lowest BCUT2D eigenvalue weighted by atomic mass is 10.0. The zero-order chi connectivity index (χ0) is 6.85. The van der Waals surface area contributed by atoms with Gasteiger partial charge in [-0.25, -0.2) is 0 Å². The van der Waals surface area contributed by atoms with Crippen molar-refractivity contribution in [1.29, 1.82) is 0 Å². The van der Waals surface area contributed by atoms with Crippen molar-refractivity contribution in [2.24, 2.45) is 5.92 Å². The van der Waals surface area contributed by atoms with Gasteiger partial charge in [0, 0.05) is 0 Å². The van der Waals surface area contributed by atoms with E-state index in [4.69, 9.17) is 4.74 Å². The minimum atomic E-state index is -0.130. The second-order valence-corrected chi connectivity index (χ2v) is 2.73. The van der Waals surface area contributed by atoms with Crippen LogP contribution in [-0.4, -0.2) is 18.5 Å². The first-order valence-electron chi connectivity index (χ1n) is 3.34. The van der Waals surface area contributed by atoms with Gasteiger partial charge in [0.25, 0.3) is 0 Å². The summed E-state index contributed by atoms with van der Waals surface area (Å²) in [6.07, 6.45) is 1.92. The van der Waals surface area contributed by atoms with Crippen molar-refractivity contribution in [3.8, 4) is 0 Å². The maximum atomic E-state index is 10.2. The normalized spacial score (nSPS) is 43.1. The first-order valence-corrected chi connectivity index (χ1v) is 3.34. The van der Waals surface area contributed by atoms with Gasteiger partial charge in [0.2, 0.25) is 0 Å². The van der Waals surface area contributed by atoms with Gasteiger partial charge < -0.3 is 9.53 Å². The zero-order valence-electron chi connectivity index (χ0n) is 5.83. The van der Waals surface area contributed by atoms with Crippen LogP contribution in [0.3, 0.4) is 0 Å². The zero-order valence-corrected chi connectivity index (χ0v) is 5.83. The van der Waals surface area contributed by atoms with Gasteiger partial charge in [-0.15, -0.1) is 0 Å². The third-order valence-corrected chi connectivity index (χ3v) is 1.95. The van der Waals surface area contributed by atoms with Crippen molar-refractivity contribution in [2.75, 3.05) is 0 Å². The number of carbonyl (C=O) groups is 1. The molecule has 0 amide bonds. The first-order chi connectivity index (χ1) is 4.24. The number of rotatable bonds is 1. The number of aldehydes is 1. The van der Waals surface area contributed by atoms with Crippen LogP contribution in [0, 0.1) is 5.92 Å². The molecule has 0 aromatic heterocycles. The fourth-order valence-corrected chi connectivity index (χ4v) is 1.11. The molecule has 2 nitrogen and oxygen atoms in total. The van der Waals surface area contributed by atoms with Crippen molar-refractivity contribution in [1.82, 2.24) is 0 Å². The molecular formula is C7H12O2. The van der Waals surface area contributed by atoms with E-state index < -0.39 is 0 Å². The van der Waals surface area contributed by atoms with Crippen LogP contribution in [0.25, 0.3) is 0 Å². The monoisotopic (exact) mass is 128 g/mol. The third kappa shape index (κ3) is 1.30. The Morgan fingerprint density at radius 2 is 2.22 bits per heavy atom. The SMILES string of the molecule is CC1CC(C=O)OC1C.